The average molecular weight is 794 g/mol. The number of aromatic nitrogens is 1. The van der Waals surface area contributed by atoms with Crippen LogP contribution < -0.4 is 21.3 Å². The lowest BCUT2D eigenvalue weighted by atomic mass is 9.86. The molecule has 0 spiro atoms. The summed E-state index contributed by atoms with van der Waals surface area (Å²) in [7, 11) is 1.95. The summed E-state index contributed by atoms with van der Waals surface area (Å²) in [5.41, 5.74) is 1.95. The number of nitrogens with one attached hydrogen (secondary N) is 4. The topological polar surface area (TPSA) is 153 Å². The third-order valence-corrected chi connectivity index (χ3v) is 10.4. The number of urea groups is 1. The van der Waals surface area contributed by atoms with Gasteiger partial charge in [-0.15, -0.1) is 6.58 Å². The second kappa shape index (κ2) is 24.4. The summed E-state index contributed by atoms with van der Waals surface area (Å²) in [5, 5.41) is 12.3. The molecule has 4 N–H and O–H groups in total. The first-order valence-corrected chi connectivity index (χ1v) is 21.0. The van der Waals surface area contributed by atoms with E-state index in [4.69, 9.17) is 0 Å². The SMILES string of the molecule is C=CCNC(=O)C(=O)C(CCC)NC(=O)C1CCCN1C(=O)C(NC(=O)NC(CN(C)Sc1ccccn1)C(C)(C)C)C1Cc2ccccc2C1.CC.CCC. The number of Topliss-reactive ketones (excluding diaryl/α,β-unsaturated/α-hetero) is 1. The summed E-state index contributed by atoms with van der Waals surface area (Å²) < 4.78 is 2.03. The number of likely N-dealkylation sites (tertiary alicyclic amines) is 1. The van der Waals surface area contributed by atoms with Crippen LogP contribution in [0.2, 0.25) is 0 Å². The number of carbonyl (C=O) groups is 5. The molecule has 56 heavy (non-hydrogen) atoms. The van der Waals surface area contributed by atoms with Crippen molar-refractivity contribution >= 4 is 41.5 Å². The van der Waals surface area contributed by atoms with Crippen LogP contribution in [0.3, 0.4) is 0 Å². The molecule has 2 aromatic rings. The standard InChI is InChI=1S/C38H53N7O5S.C3H8.C2H6/c1-7-14-28(33(46)35(48)40-19-8-2)41-34(47)29-17-13-21-45(29)36(49)32(27-22-25-15-9-10-16-26(25)23-27)43-37(50)42-30(38(3,4)5)24-44(6)51-31-18-11-12-20-39-31;1-3-2;1-2/h8-12,15-16,18,20,27-30,32H,2,7,13-14,17,19,21-24H2,1,3-6H3,(H,40,48)(H,41,47)(H2,42,43,50);3H2,1-2H3;1-2H3. The van der Waals surface area contributed by atoms with Gasteiger partial charge in [-0.05, 0) is 85.7 Å². The molecule has 1 aliphatic carbocycles. The lowest BCUT2D eigenvalue weighted by molar-refractivity contribution is -0.143. The average Bonchev–Trinajstić information content (AvgIpc) is 3.84. The Bertz CT molecular complexity index is 1540. The molecule has 4 atom stereocenters. The Morgan fingerprint density at radius 1 is 0.982 bits per heavy atom. The van der Waals surface area contributed by atoms with Gasteiger partial charge in [-0.2, -0.15) is 0 Å². The number of nitrogens with zero attached hydrogens (tertiary/aromatic N) is 3. The van der Waals surface area contributed by atoms with E-state index in [0.29, 0.717) is 45.2 Å². The maximum atomic E-state index is 14.5. The fraction of sp³-hybridized carbons (Fsp3) is 0.581. The maximum Gasteiger partial charge on any atom is 0.315 e. The highest BCUT2D eigenvalue weighted by Crippen LogP contribution is 2.31. The van der Waals surface area contributed by atoms with Crippen LogP contribution in [-0.4, -0.2) is 94.6 Å². The van der Waals surface area contributed by atoms with Crippen molar-refractivity contribution in [2.45, 2.75) is 130 Å². The molecule has 2 heterocycles. The molecule has 4 unspecified atom stereocenters. The van der Waals surface area contributed by atoms with Gasteiger partial charge in [0.25, 0.3) is 5.91 Å². The molecule has 4 rings (SSSR count). The summed E-state index contributed by atoms with van der Waals surface area (Å²) in [6, 6.07) is 10.3. The van der Waals surface area contributed by atoms with Crippen LogP contribution >= 0.6 is 11.9 Å². The number of benzene rings is 1. The first kappa shape index (κ1) is 47.9. The molecular formula is C43H67N7O5S. The van der Waals surface area contributed by atoms with E-state index < -0.39 is 41.8 Å². The van der Waals surface area contributed by atoms with Gasteiger partial charge < -0.3 is 26.2 Å². The fourth-order valence-corrected chi connectivity index (χ4v) is 7.45. The third-order valence-electron chi connectivity index (χ3n) is 9.46. The lowest BCUT2D eigenvalue weighted by Gasteiger charge is -2.36. The first-order chi connectivity index (χ1) is 26.7. The van der Waals surface area contributed by atoms with Crippen LogP contribution in [0, 0.1) is 11.3 Å². The Kier molecular flexibility index (Phi) is 20.9. The Labute approximate surface area is 339 Å². The minimum Gasteiger partial charge on any atom is -0.346 e. The quantitative estimate of drug-likeness (QED) is 0.0904. The van der Waals surface area contributed by atoms with Gasteiger partial charge in [0.05, 0.1) is 6.04 Å². The van der Waals surface area contributed by atoms with Crippen molar-refractivity contribution in [3.8, 4) is 0 Å². The van der Waals surface area contributed by atoms with Crippen molar-refractivity contribution in [3.05, 3.63) is 72.4 Å². The Balaban J connectivity index is 0.00000206. The second-order valence-electron chi connectivity index (χ2n) is 15.1. The lowest BCUT2D eigenvalue weighted by Crippen LogP contribution is -2.60. The predicted octanol–water partition coefficient (Wildman–Crippen LogP) is 6.11. The van der Waals surface area contributed by atoms with Crippen molar-refractivity contribution in [1.29, 1.82) is 0 Å². The van der Waals surface area contributed by atoms with Crippen molar-refractivity contribution in [2.24, 2.45) is 11.3 Å². The van der Waals surface area contributed by atoms with E-state index in [1.807, 2.05) is 74.6 Å². The maximum absolute atomic E-state index is 14.5. The third kappa shape index (κ3) is 14.7. The van der Waals surface area contributed by atoms with E-state index in [9.17, 15) is 24.0 Å². The van der Waals surface area contributed by atoms with Gasteiger partial charge >= 0.3 is 6.03 Å². The second-order valence-corrected chi connectivity index (χ2v) is 16.4. The van der Waals surface area contributed by atoms with Crippen molar-refractivity contribution < 1.29 is 24.0 Å². The molecule has 0 saturated carbocycles. The normalized spacial score (nSPS) is 16.5. The zero-order valence-corrected chi connectivity index (χ0v) is 36.0. The highest BCUT2D eigenvalue weighted by atomic mass is 32.2. The molecule has 12 nitrogen and oxygen atoms in total. The molecule has 0 bridgehead atoms. The molecule has 5 amide bonds. The van der Waals surface area contributed by atoms with Gasteiger partial charge in [0.1, 0.15) is 17.1 Å². The van der Waals surface area contributed by atoms with Crippen LogP contribution in [0.1, 0.15) is 98.6 Å². The first-order valence-electron chi connectivity index (χ1n) is 20.2. The predicted molar refractivity (Wildman–Crippen MR) is 226 cm³/mol. The molecule has 1 aromatic carbocycles. The molecule has 2 aliphatic rings. The van der Waals surface area contributed by atoms with Gasteiger partial charge in [-0.25, -0.2) is 14.1 Å². The molecule has 1 aromatic heterocycles. The number of hydrogen-bond donors (Lipinski definition) is 4. The number of hydrogen-bond acceptors (Lipinski definition) is 8. The van der Waals surface area contributed by atoms with Crippen LogP contribution in [0.25, 0.3) is 0 Å². The van der Waals surface area contributed by atoms with Gasteiger partial charge in [-0.3, -0.25) is 19.2 Å². The number of carbonyl (C=O) groups excluding carboxylic acids is 5. The highest BCUT2D eigenvalue weighted by Gasteiger charge is 2.43. The molecular weight excluding hydrogens is 727 g/mol. The number of ketones is 1. The Hall–Kier alpha value is -4.23. The summed E-state index contributed by atoms with van der Waals surface area (Å²) >= 11 is 1.49. The van der Waals surface area contributed by atoms with Crippen LogP contribution in [0.5, 0.6) is 0 Å². The smallest absolute Gasteiger partial charge is 0.315 e. The highest BCUT2D eigenvalue weighted by molar-refractivity contribution is 7.96. The van der Waals surface area contributed by atoms with E-state index in [-0.39, 0.29) is 36.2 Å². The molecule has 1 fully saturated rings. The summed E-state index contributed by atoms with van der Waals surface area (Å²) in [4.78, 5) is 73.4. The van der Waals surface area contributed by atoms with E-state index in [1.54, 1.807) is 6.20 Å². The van der Waals surface area contributed by atoms with E-state index >= 15 is 0 Å². The summed E-state index contributed by atoms with van der Waals surface area (Å²) in [6.07, 6.45) is 7.52. The van der Waals surface area contributed by atoms with E-state index in [2.05, 4.69) is 67.4 Å². The van der Waals surface area contributed by atoms with Crippen molar-refractivity contribution in [1.82, 2.24) is 35.5 Å². The largest absolute Gasteiger partial charge is 0.346 e. The molecule has 310 valence electrons. The van der Waals surface area contributed by atoms with Crippen LogP contribution in [0.15, 0.2) is 66.3 Å². The number of rotatable bonds is 16. The van der Waals surface area contributed by atoms with Crippen molar-refractivity contribution in [3.63, 3.8) is 0 Å². The number of fused-ring (bicyclic) bond motifs is 1. The van der Waals surface area contributed by atoms with E-state index in [0.717, 1.165) is 16.2 Å². The molecule has 0 radical (unpaired) electrons. The summed E-state index contributed by atoms with van der Waals surface area (Å²) in [6.45, 7) is 20.8. The molecule has 1 saturated heterocycles. The van der Waals surface area contributed by atoms with Crippen molar-refractivity contribution in [2.75, 3.05) is 26.7 Å². The zero-order chi connectivity index (χ0) is 41.8. The van der Waals surface area contributed by atoms with Gasteiger partial charge in [0, 0.05) is 31.9 Å². The number of pyridine rings is 1. The van der Waals surface area contributed by atoms with Crippen LogP contribution in [-0.2, 0) is 32.0 Å². The number of likely N-dealkylation sites (N-methyl/N-ethyl adjacent to an activating group) is 1. The Morgan fingerprint density at radius 3 is 2.16 bits per heavy atom. The number of amides is 5. The van der Waals surface area contributed by atoms with Gasteiger partial charge in [-0.1, -0.05) is 105 Å². The van der Waals surface area contributed by atoms with E-state index in [1.165, 1.54) is 29.3 Å². The monoisotopic (exact) mass is 793 g/mol. The summed E-state index contributed by atoms with van der Waals surface area (Å²) in [5.74, 6) is -2.57. The minimum atomic E-state index is -1.02. The van der Waals surface area contributed by atoms with Gasteiger partial charge in [0.15, 0.2) is 0 Å². The van der Waals surface area contributed by atoms with Gasteiger partial charge in [0.2, 0.25) is 17.6 Å². The molecule has 13 heteroatoms. The Morgan fingerprint density at radius 2 is 1.61 bits per heavy atom. The fourth-order valence-electron chi connectivity index (χ4n) is 6.66. The molecule has 1 aliphatic heterocycles. The van der Waals surface area contributed by atoms with Crippen LogP contribution in [0.4, 0.5) is 4.79 Å². The minimum absolute atomic E-state index is 0.132. The zero-order valence-electron chi connectivity index (χ0n) is 35.2.